The van der Waals surface area contributed by atoms with Crippen LogP contribution in [0.2, 0.25) is 0 Å². The minimum Gasteiger partial charge on any atom is -0.508 e. The van der Waals surface area contributed by atoms with Gasteiger partial charge < -0.3 is 44.9 Å². The lowest BCUT2D eigenvalue weighted by atomic mass is 9.65. The average molecular weight is 759 g/mol. The third kappa shape index (κ3) is 6.59. The Kier molecular flexibility index (Phi) is 9.36. The van der Waals surface area contributed by atoms with Gasteiger partial charge in [0.25, 0.3) is 0 Å². The summed E-state index contributed by atoms with van der Waals surface area (Å²) in [5.41, 5.74) is 0.690. The van der Waals surface area contributed by atoms with Crippen molar-refractivity contribution < 1.29 is 49.7 Å². The van der Waals surface area contributed by atoms with Crippen LogP contribution >= 0.6 is 0 Å². The van der Waals surface area contributed by atoms with Crippen molar-refractivity contribution in [2.24, 2.45) is 5.92 Å². The molecule has 0 bridgehead atoms. The van der Waals surface area contributed by atoms with Crippen LogP contribution in [0.15, 0.2) is 93.2 Å². The molecule has 56 heavy (non-hydrogen) atoms. The summed E-state index contributed by atoms with van der Waals surface area (Å²) < 4.78 is 12.6. The van der Waals surface area contributed by atoms with Gasteiger partial charge in [0.2, 0.25) is 5.43 Å². The number of hydrogen-bond acceptors (Lipinski definition) is 11. The lowest BCUT2D eigenvalue weighted by Crippen LogP contribution is -2.32. The Hall–Kier alpha value is -6.62. The van der Waals surface area contributed by atoms with E-state index in [-0.39, 0.29) is 74.8 Å². The van der Waals surface area contributed by atoms with Gasteiger partial charge in [-0.05, 0) is 95.5 Å². The van der Waals surface area contributed by atoms with E-state index in [4.69, 9.17) is 9.15 Å². The molecule has 0 fully saturated rings. The van der Waals surface area contributed by atoms with Crippen LogP contribution in [0.3, 0.4) is 0 Å². The third-order valence-electron chi connectivity index (χ3n) is 10.5. The topological polar surface area (TPSA) is 198 Å². The molecule has 0 amide bonds. The smallest absolute Gasteiger partial charge is 0.200 e. The Morgan fingerprint density at radius 1 is 0.875 bits per heavy atom. The number of fused-ring (bicyclic) bond motifs is 2. The van der Waals surface area contributed by atoms with Crippen molar-refractivity contribution >= 4 is 22.8 Å². The zero-order valence-corrected chi connectivity index (χ0v) is 31.4. The van der Waals surface area contributed by atoms with E-state index in [9.17, 15) is 40.5 Å². The summed E-state index contributed by atoms with van der Waals surface area (Å²) in [7, 11) is 0. The fourth-order valence-corrected chi connectivity index (χ4v) is 7.91. The zero-order chi connectivity index (χ0) is 40.4. The molecule has 0 spiro atoms. The van der Waals surface area contributed by atoms with E-state index in [1.165, 1.54) is 30.3 Å². The molecule has 7 N–H and O–H groups in total. The van der Waals surface area contributed by atoms with Crippen LogP contribution in [0.25, 0.3) is 28.4 Å². The van der Waals surface area contributed by atoms with E-state index in [2.05, 4.69) is 0 Å². The van der Waals surface area contributed by atoms with Gasteiger partial charge in [-0.1, -0.05) is 29.4 Å². The first-order chi connectivity index (χ1) is 26.5. The maximum Gasteiger partial charge on any atom is 0.200 e. The van der Waals surface area contributed by atoms with E-state index in [0.29, 0.717) is 16.9 Å². The molecule has 3 atom stereocenters. The van der Waals surface area contributed by atoms with Crippen LogP contribution in [0.1, 0.15) is 85.5 Å². The molecule has 1 aliphatic carbocycles. The number of carbonyl (C=O) groups excluding carboxylic acids is 1. The number of phenolic OH excluding ortho intramolecular Hbond substituents is 7. The first-order valence-electron chi connectivity index (χ1n) is 18.1. The lowest BCUT2D eigenvalue weighted by Gasteiger charge is -2.37. The largest absolute Gasteiger partial charge is 0.508 e. The predicted octanol–water partition coefficient (Wildman–Crippen LogP) is 8.81. The van der Waals surface area contributed by atoms with E-state index < -0.39 is 51.8 Å². The number of Topliss-reactive ketones (excluding diaryl/α,β-unsaturated/α-hetero) is 1. The maximum atomic E-state index is 15.2. The van der Waals surface area contributed by atoms with Crippen molar-refractivity contribution in [3.8, 4) is 57.3 Å². The molecule has 7 rings (SSSR count). The highest BCUT2D eigenvalue weighted by atomic mass is 16.5. The van der Waals surface area contributed by atoms with Gasteiger partial charge in [0.1, 0.15) is 68.3 Å². The Labute approximate surface area is 322 Å². The summed E-state index contributed by atoms with van der Waals surface area (Å²) in [5, 5.41) is 76.9. The van der Waals surface area contributed by atoms with Gasteiger partial charge in [-0.15, -0.1) is 0 Å². The molecule has 0 saturated heterocycles. The van der Waals surface area contributed by atoms with Crippen LogP contribution in [0.5, 0.6) is 46.0 Å². The Morgan fingerprint density at radius 2 is 1.57 bits per heavy atom. The first kappa shape index (κ1) is 37.7. The maximum absolute atomic E-state index is 15.2. The van der Waals surface area contributed by atoms with Crippen molar-refractivity contribution in [1.29, 1.82) is 0 Å². The molecule has 2 heterocycles. The van der Waals surface area contributed by atoms with Crippen molar-refractivity contribution in [3.05, 3.63) is 122 Å². The highest BCUT2D eigenvalue weighted by Crippen LogP contribution is 2.54. The molecular weight excluding hydrogens is 716 g/mol. The minimum atomic E-state index is -1.19. The molecule has 11 nitrogen and oxygen atoms in total. The van der Waals surface area contributed by atoms with Crippen LogP contribution in [-0.2, 0) is 6.42 Å². The van der Waals surface area contributed by atoms with Crippen LogP contribution in [-0.4, -0.2) is 47.1 Å². The molecule has 1 aromatic heterocycles. The number of hydrogen-bond donors (Lipinski definition) is 7. The van der Waals surface area contributed by atoms with Crippen molar-refractivity contribution in [2.45, 2.75) is 64.9 Å². The molecule has 4 aromatic carbocycles. The van der Waals surface area contributed by atoms with Gasteiger partial charge in [-0.3, -0.25) is 9.59 Å². The molecule has 0 saturated carbocycles. The number of phenols is 7. The summed E-state index contributed by atoms with van der Waals surface area (Å²) in [6, 6.07) is 11.9. The zero-order valence-electron chi connectivity index (χ0n) is 31.4. The Bertz CT molecular complexity index is 2600. The SMILES string of the molecule is CC(C)=CCc1c(-c2ccc(O)cc2O)oc2c([C@H]3C=C(C)C[C@@H](c4ccc(O)cc4O)[C@@H]3C(=O)c3ccc4c(c3O)C=CC(C)(C)O4)c(O)cc(O)c2c1=O. The number of benzene rings is 4. The van der Waals surface area contributed by atoms with Crippen molar-refractivity contribution in [3.63, 3.8) is 0 Å². The average Bonchev–Trinajstić information content (AvgIpc) is 3.10. The number of allylic oxidation sites excluding steroid dienone is 4. The third-order valence-corrected chi connectivity index (χ3v) is 10.5. The molecule has 5 aromatic rings. The second-order valence-corrected chi connectivity index (χ2v) is 15.4. The number of carbonyl (C=O) groups is 1. The molecule has 0 radical (unpaired) electrons. The summed E-state index contributed by atoms with van der Waals surface area (Å²) in [4.78, 5) is 29.7. The number of aromatic hydroxyl groups is 7. The number of rotatable bonds is 7. The summed E-state index contributed by atoms with van der Waals surface area (Å²) in [5.74, 6) is -5.94. The molecule has 11 heteroatoms. The van der Waals surface area contributed by atoms with Crippen LogP contribution < -0.4 is 10.2 Å². The minimum absolute atomic E-state index is 0.0359. The second kappa shape index (κ2) is 13.9. The summed E-state index contributed by atoms with van der Waals surface area (Å²) in [6.07, 6.45) is 7.25. The molecular formula is C45H42O11. The van der Waals surface area contributed by atoms with E-state index in [1.54, 1.807) is 30.4 Å². The van der Waals surface area contributed by atoms with Crippen molar-refractivity contribution in [2.75, 3.05) is 0 Å². The number of ether oxygens (including phenoxy) is 1. The van der Waals surface area contributed by atoms with E-state index in [0.717, 1.165) is 29.3 Å². The van der Waals surface area contributed by atoms with Crippen LogP contribution in [0, 0.1) is 5.92 Å². The Morgan fingerprint density at radius 3 is 2.25 bits per heavy atom. The summed E-state index contributed by atoms with van der Waals surface area (Å²) in [6.45, 7) is 9.20. The first-order valence-corrected chi connectivity index (χ1v) is 18.1. The number of ketones is 1. The van der Waals surface area contributed by atoms with Gasteiger partial charge in [-0.25, -0.2) is 0 Å². The standard InChI is InChI=1S/C45H42O11/c1-21(2)6-9-29-42(54)39-35(51)20-34(50)38(44(39)55-43(29)26-11-8-24(47)19-33(26)49)31-17-22(3)16-30(25-10-7-23(46)18-32(25)48)37(31)41(53)28-12-13-36-27(40(28)52)14-15-45(4,5)56-36/h6-8,10-15,17-20,30-31,37,46-52H,9,16H2,1-5H3/t30-,31-,37-/m0/s1. The predicted molar refractivity (Wildman–Crippen MR) is 211 cm³/mol. The normalized spacial score (nSPS) is 18.5. The van der Waals surface area contributed by atoms with Crippen LogP contribution in [0.4, 0.5) is 0 Å². The Balaban J connectivity index is 1.53. The van der Waals surface area contributed by atoms with Gasteiger partial charge in [0.15, 0.2) is 5.78 Å². The van der Waals surface area contributed by atoms with Gasteiger partial charge >= 0.3 is 0 Å². The van der Waals surface area contributed by atoms with Crippen molar-refractivity contribution in [1.82, 2.24) is 0 Å². The van der Waals surface area contributed by atoms with Gasteiger partial charge in [0, 0.05) is 47.1 Å². The molecule has 2 aliphatic rings. The molecule has 0 unspecified atom stereocenters. The van der Waals surface area contributed by atoms with Gasteiger partial charge in [-0.2, -0.15) is 0 Å². The molecule has 288 valence electrons. The highest BCUT2D eigenvalue weighted by Gasteiger charge is 2.44. The quantitative estimate of drug-likeness (QED) is 0.0618. The second-order valence-electron chi connectivity index (χ2n) is 15.4. The monoisotopic (exact) mass is 758 g/mol. The van der Waals surface area contributed by atoms with E-state index >= 15 is 4.79 Å². The fourth-order valence-electron chi connectivity index (χ4n) is 7.91. The highest BCUT2D eigenvalue weighted by molar-refractivity contribution is 6.04. The van der Waals surface area contributed by atoms with E-state index in [1.807, 2.05) is 34.6 Å². The fraction of sp³-hybridized carbons (Fsp3) is 0.244. The summed E-state index contributed by atoms with van der Waals surface area (Å²) >= 11 is 0. The van der Waals surface area contributed by atoms with Gasteiger partial charge in [0.05, 0.1) is 16.7 Å². The lowest BCUT2D eigenvalue weighted by molar-refractivity contribution is 0.0877. The molecule has 1 aliphatic heterocycles.